The molecule has 1 aliphatic heterocycles. The third-order valence-corrected chi connectivity index (χ3v) is 7.03. The molecule has 0 aliphatic carbocycles. The highest BCUT2D eigenvalue weighted by atomic mass is 35.5. The third-order valence-electron chi connectivity index (χ3n) is 5.57. The molecule has 2 atom stereocenters. The van der Waals surface area contributed by atoms with Crippen LogP contribution in [0.2, 0.25) is 5.15 Å². The van der Waals surface area contributed by atoms with Crippen LogP contribution in [-0.2, 0) is 19.5 Å². The maximum absolute atomic E-state index is 13.1. The zero-order chi connectivity index (χ0) is 27.5. The van der Waals surface area contributed by atoms with E-state index in [2.05, 4.69) is 20.3 Å². The number of halogens is 1. The molecule has 12 nitrogen and oxygen atoms in total. The van der Waals surface area contributed by atoms with Crippen LogP contribution in [0, 0.1) is 0 Å². The Hall–Kier alpha value is -2.87. The second-order valence-corrected chi connectivity index (χ2v) is 11.8. The van der Waals surface area contributed by atoms with Crippen molar-refractivity contribution in [1.82, 2.24) is 29.5 Å². The summed E-state index contributed by atoms with van der Waals surface area (Å²) in [6.45, 7) is 5.43. The molecule has 1 saturated heterocycles. The minimum Gasteiger partial charge on any atom is -0.444 e. The average Bonchev–Trinajstić information content (AvgIpc) is 2.81. The van der Waals surface area contributed by atoms with Gasteiger partial charge in [-0.25, -0.2) is 28.2 Å². The number of carbonyl (C=O) groups excluding carboxylic acids is 2. The van der Waals surface area contributed by atoms with Crippen LogP contribution in [0.25, 0.3) is 11.4 Å². The van der Waals surface area contributed by atoms with Gasteiger partial charge in [0.1, 0.15) is 22.8 Å². The minimum atomic E-state index is -3.71. The molecule has 0 unspecified atom stereocenters. The zero-order valence-electron chi connectivity index (χ0n) is 21.6. The Bertz CT molecular complexity index is 1270. The highest BCUT2D eigenvalue weighted by Crippen LogP contribution is 2.36. The van der Waals surface area contributed by atoms with Crippen molar-refractivity contribution in [2.45, 2.75) is 38.5 Å². The van der Waals surface area contributed by atoms with E-state index in [0.29, 0.717) is 17.0 Å². The van der Waals surface area contributed by atoms with Crippen LogP contribution in [0.1, 0.15) is 42.9 Å². The van der Waals surface area contributed by atoms with E-state index in [1.165, 1.54) is 41.8 Å². The monoisotopic (exact) mass is 554 g/mol. The lowest BCUT2D eigenvalue weighted by molar-refractivity contribution is -0.0224. The van der Waals surface area contributed by atoms with Gasteiger partial charge in [0.2, 0.25) is 10.0 Å². The summed E-state index contributed by atoms with van der Waals surface area (Å²) in [7, 11) is -0.764. The minimum absolute atomic E-state index is 0.0273. The molecule has 2 amide bonds. The molecule has 1 aliphatic rings. The van der Waals surface area contributed by atoms with E-state index in [4.69, 9.17) is 21.1 Å². The second kappa shape index (κ2) is 11.3. The first-order valence-corrected chi connectivity index (χ1v) is 13.6. The molecule has 0 radical (unpaired) electrons. The number of sulfonamides is 1. The Morgan fingerprint density at radius 1 is 1.16 bits per heavy atom. The normalized spacial score (nSPS) is 18.9. The van der Waals surface area contributed by atoms with Crippen molar-refractivity contribution in [2.75, 3.05) is 40.1 Å². The summed E-state index contributed by atoms with van der Waals surface area (Å²) < 4.78 is 38.0. The van der Waals surface area contributed by atoms with Gasteiger partial charge in [-0.15, -0.1) is 0 Å². The van der Waals surface area contributed by atoms with Gasteiger partial charge in [-0.2, -0.15) is 4.31 Å². The van der Waals surface area contributed by atoms with Gasteiger partial charge in [0.25, 0.3) is 5.91 Å². The Balaban J connectivity index is 2.14. The summed E-state index contributed by atoms with van der Waals surface area (Å²) in [6, 6.07) is 3.02. The van der Waals surface area contributed by atoms with Crippen molar-refractivity contribution in [3.8, 4) is 11.4 Å². The number of carbonyl (C=O) groups is 2. The van der Waals surface area contributed by atoms with E-state index in [1.807, 2.05) is 0 Å². The number of methoxy groups -OCH3 is 1. The molecule has 202 valence electrons. The molecule has 1 fully saturated rings. The van der Waals surface area contributed by atoms with Crippen molar-refractivity contribution in [3.63, 3.8) is 0 Å². The van der Waals surface area contributed by atoms with Gasteiger partial charge < -0.3 is 14.8 Å². The molecule has 2 aromatic heterocycles. The van der Waals surface area contributed by atoms with Crippen LogP contribution in [0.5, 0.6) is 0 Å². The first kappa shape index (κ1) is 28.7. The number of pyridine rings is 1. The number of hydrogen-bond acceptors (Lipinski definition) is 9. The Kier molecular flexibility index (Phi) is 8.73. The number of nitrogens with zero attached hydrogens (tertiary/aromatic N) is 5. The van der Waals surface area contributed by atoms with Crippen molar-refractivity contribution in [3.05, 3.63) is 40.9 Å². The molecule has 2 aromatic rings. The van der Waals surface area contributed by atoms with E-state index in [-0.39, 0.29) is 30.5 Å². The predicted octanol–water partition coefficient (Wildman–Crippen LogP) is 2.12. The van der Waals surface area contributed by atoms with Gasteiger partial charge >= 0.3 is 6.09 Å². The van der Waals surface area contributed by atoms with Crippen LogP contribution in [-0.4, -0.2) is 96.3 Å². The zero-order valence-corrected chi connectivity index (χ0v) is 23.1. The van der Waals surface area contributed by atoms with E-state index in [0.717, 1.165) is 6.26 Å². The van der Waals surface area contributed by atoms with Crippen LogP contribution < -0.4 is 5.32 Å². The lowest BCUT2D eigenvalue weighted by Crippen LogP contribution is -2.60. The molecule has 14 heteroatoms. The van der Waals surface area contributed by atoms with Crippen LogP contribution >= 0.6 is 11.6 Å². The number of hydrogen-bond donors (Lipinski definition) is 1. The highest BCUT2D eigenvalue weighted by Gasteiger charge is 2.45. The van der Waals surface area contributed by atoms with Gasteiger partial charge in [-0.3, -0.25) is 9.69 Å². The number of ether oxygens (including phenoxy) is 2. The molecule has 1 N–H and O–H groups in total. The van der Waals surface area contributed by atoms with Crippen LogP contribution in [0.3, 0.4) is 0 Å². The van der Waals surface area contributed by atoms with E-state index in [9.17, 15) is 18.0 Å². The van der Waals surface area contributed by atoms with Gasteiger partial charge in [0.05, 0.1) is 36.3 Å². The lowest BCUT2D eigenvalue weighted by atomic mass is 9.96. The fraction of sp³-hybridized carbons (Fsp3) is 0.522. The number of rotatable bonds is 6. The summed E-state index contributed by atoms with van der Waals surface area (Å²) in [6.07, 6.45) is 1.75. The van der Waals surface area contributed by atoms with Gasteiger partial charge in [0, 0.05) is 27.2 Å². The quantitative estimate of drug-likeness (QED) is 0.531. The fourth-order valence-corrected chi connectivity index (χ4v) is 5.41. The lowest BCUT2D eigenvalue weighted by Gasteiger charge is -2.46. The van der Waals surface area contributed by atoms with Crippen LogP contribution in [0.4, 0.5) is 4.79 Å². The smallest absolute Gasteiger partial charge is 0.410 e. The van der Waals surface area contributed by atoms with Gasteiger partial charge in [-0.1, -0.05) is 11.6 Å². The maximum Gasteiger partial charge on any atom is 0.410 e. The number of amides is 2. The molecule has 0 spiro atoms. The Morgan fingerprint density at radius 2 is 1.86 bits per heavy atom. The van der Waals surface area contributed by atoms with Crippen molar-refractivity contribution in [1.29, 1.82) is 0 Å². The Morgan fingerprint density at radius 3 is 2.46 bits per heavy atom. The summed E-state index contributed by atoms with van der Waals surface area (Å²) in [5, 5.41) is 2.57. The Labute approximate surface area is 221 Å². The summed E-state index contributed by atoms with van der Waals surface area (Å²) in [5.41, 5.74) is 0.455. The van der Waals surface area contributed by atoms with Gasteiger partial charge in [0.15, 0.2) is 0 Å². The molecular formula is C23H31ClN6O6S. The predicted molar refractivity (Wildman–Crippen MR) is 137 cm³/mol. The summed E-state index contributed by atoms with van der Waals surface area (Å²) in [5.74, 6) is -0.408. The molecular weight excluding hydrogens is 524 g/mol. The van der Waals surface area contributed by atoms with Crippen LogP contribution in [0.15, 0.2) is 24.5 Å². The number of piperazine rings is 1. The molecule has 37 heavy (non-hydrogen) atoms. The summed E-state index contributed by atoms with van der Waals surface area (Å²) in [4.78, 5) is 39.1. The first-order valence-electron chi connectivity index (χ1n) is 11.4. The SMILES string of the molecule is CNC(=O)c1cc(-c2cc([C@@H]3[C@@H](COC)N(C(=O)OC(C)(C)C)CCN3S(C)(=O)=O)cc(Cl)n2)ncn1. The molecule has 3 heterocycles. The summed E-state index contributed by atoms with van der Waals surface area (Å²) >= 11 is 6.38. The number of nitrogens with one attached hydrogen (secondary N) is 1. The number of aromatic nitrogens is 3. The molecule has 3 rings (SSSR count). The standard InChI is InChI=1S/C23H31ClN6O6S/c1-23(2,3)36-22(32)29-7-8-30(37(6,33)34)20(18(29)12-35-5)14-9-16(28-19(24)10-14)15-11-17(21(31)25-4)27-13-26-15/h9-11,13,18,20H,7-8,12H2,1-6H3,(H,25,31)/t18-,20-/m1/s1. The molecule has 0 bridgehead atoms. The van der Waals surface area contributed by atoms with Gasteiger partial charge in [-0.05, 0) is 44.5 Å². The van der Waals surface area contributed by atoms with Crippen molar-refractivity contribution < 1.29 is 27.5 Å². The average molecular weight is 555 g/mol. The van der Waals surface area contributed by atoms with E-state index >= 15 is 0 Å². The van der Waals surface area contributed by atoms with E-state index < -0.39 is 39.7 Å². The van der Waals surface area contributed by atoms with Crippen molar-refractivity contribution >= 4 is 33.6 Å². The largest absolute Gasteiger partial charge is 0.444 e. The fourth-order valence-electron chi connectivity index (χ4n) is 4.10. The van der Waals surface area contributed by atoms with Crippen molar-refractivity contribution in [2.24, 2.45) is 0 Å². The third kappa shape index (κ3) is 6.92. The second-order valence-electron chi connectivity index (χ2n) is 9.49. The molecule has 0 saturated carbocycles. The highest BCUT2D eigenvalue weighted by molar-refractivity contribution is 7.88. The van der Waals surface area contributed by atoms with E-state index in [1.54, 1.807) is 26.8 Å². The first-order chi connectivity index (χ1) is 17.2. The maximum atomic E-state index is 13.1. The molecule has 0 aromatic carbocycles. The topological polar surface area (TPSA) is 144 Å².